The number of benzene rings is 2. The highest BCUT2D eigenvalue weighted by Crippen LogP contribution is 2.29. The molecule has 0 spiro atoms. The lowest BCUT2D eigenvalue weighted by Crippen LogP contribution is -2.12. The summed E-state index contributed by atoms with van der Waals surface area (Å²) in [6, 6.07) is 9.32. The van der Waals surface area contributed by atoms with Crippen molar-refractivity contribution in [3.8, 4) is 11.5 Å². The van der Waals surface area contributed by atoms with E-state index >= 15 is 0 Å². The van der Waals surface area contributed by atoms with E-state index in [-0.39, 0.29) is 11.3 Å². The Labute approximate surface area is 115 Å². The van der Waals surface area contributed by atoms with Crippen LogP contribution in [-0.2, 0) is 0 Å². The van der Waals surface area contributed by atoms with Crippen molar-refractivity contribution in [2.75, 3.05) is 5.32 Å². The highest BCUT2D eigenvalue weighted by Gasteiger charge is 2.14. The number of carbonyl (C=O) groups is 1. The second kappa shape index (κ2) is 5.20. The minimum absolute atomic E-state index is 0.000578. The van der Waals surface area contributed by atoms with Crippen molar-refractivity contribution in [3.63, 3.8) is 0 Å². The van der Waals surface area contributed by atoms with Gasteiger partial charge in [0.1, 0.15) is 0 Å². The largest absolute Gasteiger partial charge is 0.504 e. The molecule has 98 valence electrons. The van der Waals surface area contributed by atoms with Crippen LogP contribution in [0.1, 0.15) is 15.9 Å². The Bertz CT molecular complexity index is 641. The van der Waals surface area contributed by atoms with E-state index in [0.717, 1.165) is 5.56 Å². The number of amides is 1. The summed E-state index contributed by atoms with van der Waals surface area (Å²) >= 11 is 5.86. The monoisotopic (exact) mass is 277 g/mol. The molecule has 1 amide bonds. The molecule has 19 heavy (non-hydrogen) atoms. The average molecular weight is 278 g/mol. The van der Waals surface area contributed by atoms with Crippen LogP contribution < -0.4 is 5.32 Å². The maximum Gasteiger partial charge on any atom is 0.259 e. The number of aromatic hydroxyl groups is 2. The highest BCUT2D eigenvalue weighted by atomic mass is 35.5. The number of nitrogens with one attached hydrogen (secondary N) is 1. The smallest absolute Gasteiger partial charge is 0.259 e. The summed E-state index contributed by atoms with van der Waals surface area (Å²) in [7, 11) is 0. The van der Waals surface area contributed by atoms with E-state index < -0.39 is 11.7 Å². The first kappa shape index (κ1) is 13.2. The molecular formula is C14H12ClNO3. The highest BCUT2D eigenvalue weighted by molar-refractivity contribution is 6.31. The predicted molar refractivity (Wildman–Crippen MR) is 73.9 cm³/mol. The molecule has 0 radical (unpaired) electrons. The zero-order chi connectivity index (χ0) is 14.0. The molecule has 0 atom stereocenters. The summed E-state index contributed by atoms with van der Waals surface area (Å²) in [5, 5.41) is 22.1. The topological polar surface area (TPSA) is 69.6 Å². The van der Waals surface area contributed by atoms with Crippen molar-refractivity contribution in [2.45, 2.75) is 6.92 Å². The van der Waals surface area contributed by atoms with Gasteiger partial charge in [-0.25, -0.2) is 0 Å². The van der Waals surface area contributed by atoms with Crippen LogP contribution in [-0.4, -0.2) is 16.1 Å². The molecule has 5 heteroatoms. The van der Waals surface area contributed by atoms with E-state index in [0.29, 0.717) is 10.7 Å². The van der Waals surface area contributed by atoms with Gasteiger partial charge in [-0.05, 0) is 36.8 Å². The minimum atomic E-state index is -0.515. The molecule has 0 aromatic heterocycles. The van der Waals surface area contributed by atoms with Gasteiger partial charge in [0.25, 0.3) is 5.91 Å². The average Bonchev–Trinajstić information content (AvgIpc) is 2.37. The summed E-state index contributed by atoms with van der Waals surface area (Å²) in [6.45, 7) is 1.83. The van der Waals surface area contributed by atoms with Crippen LogP contribution in [0.25, 0.3) is 0 Å². The molecule has 0 fully saturated rings. The third-order valence-electron chi connectivity index (χ3n) is 2.71. The number of carbonyl (C=O) groups excluding carboxylic acids is 1. The summed E-state index contributed by atoms with van der Waals surface area (Å²) in [4.78, 5) is 12.0. The Morgan fingerprint density at radius 1 is 1.21 bits per heavy atom. The zero-order valence-corrected chi connectivity index (χ0v) is 10.9. The van der Waals surface area contributed by atoms with Gasteiger partial charge in [-0.3, -0.25) is 4.79 Å². The van der Waals surface area contributed by atoms with Crippen molar-refractivity contribution in [3.05, 3.63) is 52.5 Å². The fourth-order valence-electron chi connectivity index (χ4n) is 1.63. The number of aryl methyl sites for hydroxylation is 1. The Morgan fingerprint density at radius 3 is 2.68 bits per heavy atom. The lowest BCUT2D eigenvalue weighted by atomic mass is 10.1. The van der Waals surface area contributed by atoms with Crippen LogP contribution in [0.15, 0.2) is 36.4 Å². The van der Waals surface area contributed by atoms with Crippen molar-refractivity contribution in [1.29, 1.82) is 0 Å². The lowest BCUT2D eigenvalue weighted by Gasteiger charge is -2.10. The van der Waals surface area contributed by atoms with E-state index in [9.17, 15) is 15.0 Å². The summed E-state index contributed by atoms with van der Waals surface area (Å²) in [5.74, 6) is -1.30. The second-order valence-electron chi connectivity index (χ2n) is 4.09. The number of hydrogen-bond donors (Lipinski definition) is 3. The fourth-order valence-corrected chi connectivity index (χ4v) is 1.81. The van der Waals surface area contributed by atoms with Crippen molar-refractivity contribution in [1.82, 2.24) is 0 Å². The maximum absolute atomic E-state index is 12.0. The molecule has 4 nitrogen and oxygen atoms in total. The van der Waals surface area contributed by atoms with E-state index in [1.807, 2.05) is 6.92 Å². The van der Waals surface area contributed by atoms with Crippen LogP contribution in [0.3, 0.4) is 0 Å². The number of hydrogen-bond acceptors (Lipinski definition) is 3. The molecule has 0 bridgehead atoms. The van der Waals surface area contributed by atoms with Crippen LogP contribution in [0.5, 0.6) is 11.5 Å². The quantitative estimate of drug-likeness (QED) is 0.738. The van der Waals surface area contributed by atoms with Crippen LogP contribution in [0.4, 0.5) is 5.69 Å². The number of anilines is 1. The number of phenols is 2. The normalized spacial score (nSPS) is 10.2. The van der Waals surface area contributed by atoms with Gasteiger partial charge in [-0.2, -0.15) is 0 Å². The van der Waals surface area contributed by atoms with Gasteiger partial charge in [-0.1, -0.05) is 23.7 Å². The van der Waals surface area contributed by atoms with Gasteiger partial charge in [0.15, 0.2) is 11.5 Å². The molecule has 2 aromatic rings. The number of halogens is 1. The van der Waals surface area contributed by atoms with Crippen molar-refractivity contribution in [2.24, 2.45) is 0 Å². The first-order valence-electron chi connectivity index (χ1n) is 5.57. The van der Waals surface area contributed by atoms with E-state index in [4.69, 9.17) is 11.6 Å². The van der Waals surface area contributed by atoms with Gasteiger partial charge >= 0.3 is 0 Å². The van der Waals surface area contributed by atoms with E-state index in [1.54, 1.807) is 18.2 Å². The SMILES string of the molecule is Cc1ccc(Cl)cc1NC(=O)c1cccc(O)c1O. The third kappa shape index (κ3) is 2.80. The number of rotatable bonds is 2. The molecule has 2 rings (SSSR count). The Hall–Kier alpha value is -2.20. The summed E-state index contributed by atoms with van der Waals surface area (Å²) in [5.41, 5.74) is 1.40. The van der Waals surface area contributed by atoms with Crippen LogP contribution >= 0.6 is 11.6 Å². The Morgan fingerprint density at radius 2 is 1.95 bits per heavy atom. The molecule has 0 unspecified atom stereocenters. The predicted octanol–water partition coefficient (Wildman–Crippen LogP) is 3.31. The fraction of sp³-hybridized carbons (Fsp3) is 0.0714. The Kier molecular flexibility index (Phi) is 3.62. The van der Waals surface area contributed by atoms with Gasteiger partial charge in [0.05, 0.1) is 5.56 Å². The van der Waals surface area contributed by atoms with Gasteiger partial charge in [-0.15, -0.1) is 0 Å². The number of phenolic OH excluding ortho intramolecular Hbond substituents is 2. The van der Waals surface area contributed by atoms with Gasteiger partial charge in [0.2, 0.25) is 0 Å². The molecule has 0 saturated heterocycles. The molecule has 0 aliphatic heterocycles. The Balaban J connectivity index is 2.31. The van der Waals surface area contributed by atoms with E-state index in [1.165, 1.54) is 18.2 Å². The van der Waals surface area contributed by atoms with Gasteiger partial charge < -0.3 is 15.5 Å². The first-order valence-corrected chi connectivity index (χ1v) is 5.95. The van der Waals surface area contributed by atoms with Crippen LogP contribution in [0, 0.1) is 6.92 Å². The molecule has 0 heterocycles. The molecular weight excluding hydrogens is 266 g/mol. The first-order chi connectivity index (χ1) is 8.99. The van der Waals surface area contributed by atoms with Gasteiger partial charge in [0, 0.05) is 10.7 Å². The van der Waals surface area contributed by atoms with Crippen LogP contribution in [0.2, 0.25) is 5.02 Å². The molecule has 2 aromatic carbocycles. The van der Waals surface area contributed by atoms with Crippen molar-refractivity contribution < 1.29 is 15.0 Å². The third-order valence-corrected chi connectivity index (χ3v) is 2.94. The summed E-state index contributed by atoms with van der Waals surface area (Å²) < 4.78 is 0. The zero-order valence-electron chi connectivity index (χ0n) is 10.1. The standard InChI is InChI=1S/C14H12ClNO3/c1-8-5-6-9(15)7-11(8)16-14(19)10-3-2-4-12(17)13(10)18/h2-7,17-18H,1H3,(H,16,19). The number of para-hydroxylation sites is 1. The maximum atomic E-state index is 12.0. The summed E-state index contributed by atoms with van der Waals surface area (Å²) in [6.07, 6.45) is 0. The lowest BCUT2D eigenvalue weighted by molar-refractivity contribution is 0.102. The molecule has 0 aliphatic rings. The van der Waals surface area contributed by atoms with E-state index in [2.05, 4.69) is 5.32 Å². The molecule has 0 aliphatic carbocycles. The van der Waals surface area contributed by atoms with Crippen molar-refractivity contribution >= 4 is 23.2 Å². The molecule has 3 N–H and O–H groups in total. The second-order valence-corrected chi connectivity index (χ2v) is 4.52. The molecule has 0 saturated carbocycles. The minimum Gasteiger partial charge on any atom is -0.504 e.